The number of benzene rings is 1. The van der Waals surface area contributed by atoms with Crippen LogP contribution in [0.4, 0.5) is 5.82 Å². The van der Waals surface area contributed by atoms with Gasteiger partial charge >= 0.3 is 0 Å². The number of anilines is 1. The fraction of sp³-hybridized carbons (Fsp3) is 0.520. The molecule has 33 heavy (non-hydrogen) atoms. The SMILES string of the molecule is CCCSc1nc(NCC(C)C)c2cnn(CCNC(=O)c3ccc(C(C)(C)C)cc3)c2n1. The lowest BCUT2D eigenvalue weighted by molar-refractivity contribution is 0.0952. The predicted molar refractivity (Wildman–Crippen MR) is 137 cm³/mol. The molecule has 0 unspecified atom stereocenters. The molecule has 178 valence electrons. The number of thioether (sulfide) groups is 1. The summed E-state index contributed by atoms with van der Waals surface area (Å²) in [6, 6.07) is 7.81. The summed E-state index contributed by atoms with van der Waals surface area (Å²) < 4.78 is 1.84. The third-order valence-corrected chi connectivity index (χ3v) is 6.26. The average Bonchev–Trinajstić information content (AvgIpc) is 3.18. The van der Waals surface area contributed by atoms with Crippen LogP contribution < -0.4 is 10.6 Å². The Morgan fingerprint density at radius 2 is 1.88 bits per heavy atom. The number of aromatic nitrogens is 4. The molecule has 1 aromatic carbocycles. The number of fused-ring (bicyclic) bond motifs is 1. The Bertz CT molecular complexity index is 1070. The number of nitrogens with one attached hydrogen (secondary N) is 2. The zero-order chi connectivity index (χ0) is 24.0. The fourth-order valence-electron chi connectivity index (χ4n) is 3.29. The van der Waals surface area contributed by atoms with Crippen molar-refractivity contribution in [1.29, 1.82) is 0 Å². The van der Waals surface area contributed by atoms with Gasteiger partial charge in [0.25, 0.3) is 5.91 Å². The fourth-order valence-corrected chi connectivity index (χ4v) is 3.98. The molecule has 0 aliphatic rings. The second-order valence-corrected chi connectivity index (χ2v) is 10.7. The van der Waals surface area contributed by atoms with Crippen LogP contribution in [0.2, 0.25) is 0 Å². The molecule has 7 nitrogen and oxygen atoms in total. The number of carbonyl (C=O) groups excluding carboxylic acids is 1. The van der Waals surface area contributed by atoms with Crippen LogP contribution in [0.1, 0.15) is 63.9 Å². The van der Waals surface area contributed by atoms with Crippen LogP contribution >= 0.6 is 11.8 Å². The predicted octanol–water partition coefficient (Wildman–Crippen LogP) is 5.12. The van der Waals surface area contributed by atoms with Crippen LogP contribution in [-0.4, -0.2) is 44.5 Å². The summed E-state index contributed by atoms with van der Waals surface area (Å²) in [4.78, 5) is 22.1. The molecule has 0 saturated heterocycles. The first-order valence-electron chi connectivity index (χ1n) is 11.7. The minimum absolute atomic E-state index is 0.0646. The molecule has 0 fully saturated rings. The lowest BCUT2D eigenvalue weighted by Crippen LogP contribution is -2.27. The maximum Gasteiger partial charge on any atom is 0.251 e. The molecule has 3 aromatic rings. The van der Waals surface area contributed by atoms with Gasteiger partial charge in [-0.25, -0.2) is 14.6 Å². The van der Waals surface area contributed by atoms with E-state index in [9.17, 15) is 4.79 Å². The minimum Gasteiger partial charge on any atom is -0.369 e. The smallest absolute Gasteiger partial charge is 0.251 e. The van der Waals surface area contributed by atoms with Gasteiger partial charge < -0.3 is 10.6 Å². The van der Waals surface area contributed by atoms with Crippen molar-refractivity contribution in [2.24, 2.45) is 5.92 Å². The molecule has 0 saturated carbocycles. The molecule has 3 rings (SSSR count). The molecule has 2 aromatic heterocycles. The van der Waals surface area contributed by atoms with Crippen molar-refractivity contribution in [3.8, 4) is 0 Å². The van der Waals surface area contributed by atoms with E-state index in [0.717, 1.165) is 40.7 Å². The summed E-state index contributed by atoms with van der Waals surface area (Å²) in [5, 5.41) is 12.6. The van der Waals surface area contributed by atoms with Gasteiger partial charge in [-0.15, -0.1) is 0 Å². The summed E-state index contributed by atoms with van der Waals surface area (Å²) in [5.74, 6) is 2.21. The molecule has 8 heteroatoms. The maximum atomic E-state index is 12.6. The highest BCUT2D eigenvalue weighted by atomic mass is 32.2. The van der Waals surface area contributed by atoms with E-state index in [2.05, 4.69) is 57.3 Å². The molecule has 0 spiro atoms. The minimum atomic E-state index is -0.0833. The van der Waals surface area contributed by atoms with Crippen molar-refractivity contribution in [2.45, 2.75) is 65.1 Å². The highest BCUT2D eigenvalue weighted by Crippen LogP contribution is 2.25. The number of amides is 1. The van der Waals surface area contributed by atoms with Crippen LogP contribution in [0.25, 0.3) is 11.0 Å². The molecule has 0 atom stereocenters. The van der Waals surface area contributed by atoms with Gasteiger partial charge in [0.05, 0.1) is 18.1 Å². The van der Waals surface area contributed by atoms with Gasteiger partial charge in [0.15, 0.2) is 10.8 Å². The van der Waals surface area contributed by atoms with Crippen molar-refractivity contribution in [3.05, 3.63) is 41.6 Å². The van der Waals surface area contributed by atoms with Crippen molar-refractivity contribution >= 4 is 34.5 Å². The van der Waals surface area contributed by atoms with Crippen LogP contribution in [-0.2, 0) is 12.0 Å². The Morgan fingerprint density at radius 1 is 1.15 bits per heavy atom. The number of nitrogens with zero attached hydrogens (tertiary/aromatic N) is 4. The van der Waals surface area contributed by atoms with Gasteiger partial charge in [-0.05, 0) is 35.4 Å². The quantitative estimate of drug-likeness (QED) is 0.317. The van der Waals surface area contributed by atoms with E-state index in [-0.39, 0.29) is 11.3 Å². The van der Waals surface area contributed by atoms with Crippen molar-refractivity contribution in [1.82, 2.24) is 25.1 Å². The Labute approximate surface area is 201 Å². The molecular weight excluding hydrogens is 432 g/mol. The van der Waals surface area contributed by atoms with Crippen molar-refractivity contribution < 1.29 is 4.79 Å². The molecule has 0 aliphatic carbocycles. The summed E-state index contributed by atoms with van der Waals surface area (Å²) in [6.45, 7) is 14.8. The Hall–Kier alpha value is -2.61. The largest absolute Gasteiger partial charge is 0.369 e. The Balaban J connectivity index is 1.70. The first kappa shape index (κ1) is 25.0. The van der Waals surface area contributed by atoms with Gasteiger partial charge in [-0.2, -0.15) is 5.10 Å². The number of hydrogen-bond donors (Lipinski definition) is 2. The van der Waals surface area contributed by atoms with E-state index in [4.69, 9.17) is 9.97 Å². The highest BCUT2D eigenvalue weighted by molar-refractivity contribution is 7.99. The first-order valence-corrected chi connectivity index (χ1v) is 12.7. The van der Waals surface area contributed by atoms with Gasteiger partial charge in [0.2, 0.25) is 0 Å². The Morgan fingerprint density at radius 3 is 2.52 bits per heavy atom. The summed E-state index contributed by atoms with van der Waals surface area (Å²) in [7, 11) is 0. The number of hydrogen-bond acceptors (Lipinski definition) is 6. The third-order valence-electron chi connectivity index (χ3n) is 5.21. The first-order chi connectivity index (χ1) is 15.7. The molecular formula is C25H36N6OS. The van der Waals surface area contributed by atoms with Crippen LogP contribution in [0, 0.1) is 5.92 Å². The topological polar surface area (TPSA) is 84.7 Å². The molecule has 2 heterocycles. The number of rotatable bonds is 10. The normalized spacial score (nSPS) is 11.8. The molecule has 0 aliphatic heterocycles. The summed E-state index contributed by atoms with van der Waals surface area (Å²) in [5.41, 5.74) is 2.72. The average molecular weight is 469 g/mol. The monoisotopic (exact) mass is 468 g/mol. The van der Waals surface area contributed by atoms with Gasteiger partial charge in [0.1, 0.15) is 5.82 Å². The van der Waals surface area contributed by atoms with Gasteiger partial charge in [-0.1, -0.05) is 65.4 Å². The van der Waals surface area contributed by atoms with Crippen LogP contribution in [0.5, 0.6) is 0 Å². The second kappa shape index (κ2) is 11.0. The lowest BCUT2D eigenvalue weighted by atomic mass is 9.87. The van der Waals surface area contributed by atoms with Gasteiger partial charge in [0, 0.05) is 24.4 Å². The summed E-state index contributed by atoms with van der Waals surface area (Å²) in [6.07, 6.45) is 2.86. The van der Waals surface area contributed by atoms with E-state index in [1.807, 2.05) is 28.9 Å². The zero-order valence-corrected chi connectivity index (χ0v) is 21.4. The molecule has 0 bridgehead atoms. The summed E-state index contributed by atoms with van der Waals surface area (Å²) >= 11 is 1.65. The molecule has 2 N–H and O–H groups in total. The van der Waals surface area contributed by atoms with E-state index in [1.165, 1.54) is 5.56 Å². The maximum absolute atomic E-state index is 12.6. The van der Waals surface area contributed by atoms with Gasteiger partial charge in [-0.3, -0.25) is 4.79 Å². The van der Waals surface area contributed by atoms with Crippen molar-refractivity contribution in [2.75, 3.05) is 24.2 Å². The van der Waals surface area contributed by atoms with E-state index in [0.29, 0.717) is 24.6 Å². The van der Waals surface area contributed by atoms with E-state index < -0.39 is 0 Å². The molecule has 1 amide bonds. The lowest BCUT2D eigenvalue weighted by Gasteiger charge is -2.19. The second-order valence-electron chi connectivity index (χ2n) is 9.67. The zero-order valence-electron chi connectivity index (χ0n) is 20.6. The van der Waals surface area contributed by atoms with E-state index >= 15 is 0 Å². The van der Waals surface area contributed by atoms with Crippen LogP contribution in [0.3, 0.4) is 0 Å². The Kier molecular flexibility index (Phi) is 8.35. The highest BCUT2D eigenvalue weighted by Gasteiger charge is 2.16. The standard InChI is InChI=1S/C25H36N6OS/c1-7-14-33-24-29-21(27-15-17(2)3)20-16-28-31(22(20)30-24)13-12-26-23(32)18-8-10-19(11-9-18)25(4,5)6/h8-11,16-17H,7,12-15H2,1-6H3,(H,26,32)(H,27,29,30). The van der Waals surface area contributed by atoms with Crippen molar-refractivity contribution in [3.63, 3.8) is 0 Å². The third kappa shape index (κ3) is 6.69. The van der Waals surface area contributed by atoms with Crippen LogP contribution in [0.15, 0.2) is 35.6 Å². The molecule has 0 radical (unpaired) electrons. The number of carbonyl (C=O) groups is 1. The van der Waals surface area contributed by atoms with E-state index in [1.54, 1.807) is 18.0 Å².